The number of rotatable bonds is 4. The summed E-state index contributed by atoms with van der Waals surface area (Å²) in [6.45, 7) is 0.242. The monoisotopic (exact) mass is 188 g/mol. The number of carbonyl (C=O) groups excluding carboxylic acids is 1. The van der Waals surface area contributed by atoms with Crippen molar-refractivity contribution in [3.8, 4) is 0 Å². The lowest BCUT2D eigenvalue weighted by molar-refractivity contribution is 0.116. The first-order valence-corrected chi connectivity index (χ1v) is 5.11. The van der Waals surface area contributed by atoms with E-state index >= 15 is 0 Å². The zero-order valence-corrected chi connectivity index (χ0v) is 7.93. The Morgan fingerprint density at radius 1 is 1.31 bits per heavy atom. The molecule has 0 aromatic rings. The van der Waals surface area contributed by atoms with Crippen molar-refractivity contribution in [3.05, 3.63) is 0 Å². The molecule has 0 amide bonds. The molecule has 1 fully saturated rings. The van der Waals surface area contributed by atoms with Crippen molar-refractivity contribution in [1.29, 1.82) is 0 Å². The van der Waals surface area contributed by atoms with E-state index in [4.69, 9.17) is 0 Å². The summed E-state index contributed by atoms with van der Waals surface area (Å²) in [5, 5.41) is 0. The summed E-state index contributed by atoms with van der Waals surface area (Å²) in [6, 6.07) is 0. The maximum absolute atomic E-state index is 11.6. The van der Waals surface area contributed by atoms with Gasteiger partial charge in [0.15, 0.2) is 0 Å². The van der Waals surface area contributed by atoms with Crippen LogP contribution in [-0.4, -0.2) is 12.8 Å². The van der Waals surface area contributed by atoms with E-state index in [1.165, 1.54) is 32.1 Å². The maximum atomic E-state index is 11.6. The first kappa shape index (κ1) is 10.5. The third kappa shape index (κ3) is 4.86. The molecular formula is C10H17FO2. The second-order valence-electron chi connectivity index (χ2n) is 3.73. The van der Waals surface area contributed by atoms with E-state index < -0.39 is 6.22 Å². The molecule has 76 valence electrons. The van der Waals surface area contributed by atoms with E-state index in [9.17, 15) is 9.18 Å². The first-order chi connectivity index (χ1) is 6.29. The number of hydrogen-bond donors (Lipinski definition) is 0. The van der Waals surface area contributed by atoms with E-state index in [2.05, 4.69) is 4.74 Å². The summed E-state index contributed by atoms with van der Waals surface area (Å²) in [5.41, 5.74) is 0. The molecule has 0 heterocycles. The molecule has 1 rings (SSSR count). The number of halogens is 1. The van der Waals surface area contributed by atoms with Crippen LogP contribution in [0.3, 0.4) is 0 Å². The number of carbonyl (C=O) groups is 1. The van der Waals surface area contributed by atoms with Crippen LogP contribution in [0.1, 0.15) is 44.9 Å². The van der Waals surface area contributed by atoms with E-state index in [1.54, 1.807) is 0 Å². The van der Waals surface area contributed by atoms with Crippen LogP contribution < -0.4 is 0 Å². The highest BCUT2D eigenvalue weighted by molar-refractivity contribution is 5.57. The van der Waals surface area contributed by atoms with Crippen molar-refractivity contribution in [2.75, 3.05) is 6.61 Å². The maximum Gasteiger partial charge on any atom is 0.495 e. The van der Waals surface area contributed by atoms with Crippen LogP contribution in [0.4, 0.5) is 9.18 Å². The normalized spacial score (nSPS) is 18.5. The second kappa shape index (κ2) is 5.95. The lowest BCUT2D eigenvalue weighted by Crippen LogP contribution is -2.07. The quantitative estimate of drug-likeness (QED) is 0.499. The molecule has 1 saturated carbocycles. The van der Waals surface area contributed by atoms with Crippen LogP contribution in [0.5, 0.6) is 0 Å². The van der Waals surface area contributed by atoms with E-state index in [1.807, 2.05) is 0 Å². The SMILES string of the molecule is O=C(F)OCCCC1CCCCC1. The highest BCUT2D eigenvalue weighted by Crippen LogP contribution is 2.27. The van der Waals surface area contributed by atoms with Crippen LogP contribution >= 0.6 is 0 Å². The van der Waals surface area contributed by atoms with Crippen molar-refractivity contribution in [1.82, 2.24) is 0 Å². The third-order valence-corrected chi connectivity index (χ3v) is 2.70. The first-order valence-electron chi connectivity index (χ1n) is 5.11. The van der Waals surface area contributed by atoms with Gasteiger partial charge in [-0.1, -0.05) is 32.1 Å². The lowest BCUT2D eigenvalue weighted by Gasteiger charge is -2.20. The number of hydrogen-bond acceptors (Lipinski definition) is 2. The fourth-order valence-electron chi connectivity index (χ4n) is 2.00. The minimum absolute atomic E-state index is 0.242. The Morgan fingerprint density at radius 3 is 2.62 bits per heavy atom. The molecule has 1 aliphatic rings. The Balaban J connectivity index is 1.95. The van der Waals surface area contributed by atoms with Crippen molar-refractivity contribution < 1.29 is 13.9 Å². The molecule has 0 atom stereocenters. The molecular weight excluding hydrogens is 171 g/mol. The van der Waals surface area contributed by atoms with Gasteiger partial charge in [0.05, 0.1) is 6.61 Å². The van der Waals surface area contributed by atoms with Crippen LogP contribution in [0.2, 0.25) is 0 Å². The molecule has 0 bridgehead atoms. The van der Waals surface area contributed by atoms with Crippen molar-refractivity contribution >= 4 is 6.22 Å². The zero-order valence-electron chi connectivity index (χ0n) is 7.93. The molecule has 0 aliphatic heterocycles. The fraction of sp³-hybridized carbons (Fsp3) is 0.900. The summed E-state index contributed by atoms with van der Waals surface area (Å²) in [7, 11) is 0. The number of ether oxygens (including phenoxy) is 1. The predicted octanol–water partition coefficient (Wildman–Crippen LogP) is 3.45. The Kier molecular flexibility index (Phi) is 4.79. The second-order valence-corrected chi connectivity index (χ2v) is 3.73. The van der Waals surface area contributed by atoms with Crippen LogP contribution in [0, 0.1) is 5.92 Å². The smallest absolute Gasteiger partial charge is 0.440 e. The molecule has 3 heteroatoms. The summed E-state index contributed by atoms with van der Waals surface area (Å²) < 4.78 is 15.8. The summed E-state index contributed by atoms with van der Waals surface area (Å²) in [5.74, 6) is 0.784. The standard InChI is InChI=1S/C10H17FO2/c11-10(12)13-8-4-7-9-5-2-1-3-6-9/h9H,1-8H2. The minimum atomic E-state index is -1.65. The van der Waals surface area contributed by atoms with E-state index in [0.717, 1.165) is 18.8 Å². The van der Waals surface area contributed by atoms with Gasteiger partial charge in [-0.15, -0.1) is 4.39 Å². The minimum Gasteiger partial charge on any atom is -0.440 e. The van der Waals surface area contributed by atoms with E-state index in [0.29, 0.717) is 0 Å². The molecule has 0 radical (unpaired) electrons. The molecule has 1 aliphatic carbocycles. The third-order valence-electron chi connectivity index (χ3n) is 2.70. The highest BCUT2D eigenvalue weighted by Gasteiger charge is 2.12. The van der Waals surface area contributed by atoms with Gasteiger partial charge in [0, 0.05) is 0 Å². The topological polar surface area (TPSA) is 26.3 Å². The van der Waals surface area contributed by atoms with Gasteiger partial charge < -0.3 is 4.74 Å². The van der Waals surface area contributed by atoms with Gasteiger partial charge in [-0.05, 0) is 18.8 Å². The molecule has 0 aromatic carbocycles. The average Bonchev–Trinajstić information content (AvgIpc) is 2.14. The summed E-state index contributed by atoms with van der Waals surface area (Å²) in [4.78, 5) is 9.81. The highest BCUT2D eigenvalue weighted by atomic mass is 19.1. The zero-order chi connectivity index (χ0) is 9.52. The Bertz CT molecular complexity index is 153. The Labute approximate surface area is 78.5 Å². The van der Waals surface area contributed by atoms with Crippen LogP contribution in [0.15, 0.2) is 0 Å². The fourth-order valence-corrected chi connectivity index (χ4v) is 2.00. The Hall–Kier alpha value is -0.600. The van der Waals surface area contributed by atoms with Crippen molar-refractivity contribution in [2.45, 2.75) is 44.9 Å². The average molecular weight is 188 g/mol. The predicted molar refractivity (Wildman–Crippen MR) is 48.3 cm³/mol. The summed E-state index contributed by atoms with van der Waals surface area (Å²) >= 11 is 0. The molecule has 0 aromatic heterocycles. The molecule has 13 heavy (non-hydrogen) atoms. The van der Waals surface area contributed by atoms with Crippen LogP contribution in [-0.2, 0) is 4.74 Å². The molecule has 2 nitrogen and oxygen atoms in total. The molecule has 0 spiro atoms. The van der Waals surface area contributed by atoms with Gasteiger partial charge in [-0.25, -0.2) is 4.79 Å². The lowest BCUT2D eigenvalue weighted by atomic mass is 9.86. The molecule has 0 unspecified atom stereocenters. The molecule has 0 N–H and O–H groups in total. The van der Waals surface area contributed by atoms with Gasteiger partial charge in [0.1, 0.15) is 0 Å². The Morgan fingerprint density at radius 2 is 2.00 bits per heavy atom. The van der Waals surface area contributed by atoms with Crippen LogP contribution in [0.25, 0.3) is 0 Å². The van der Waals surface area contributed by atoms with Gasteiger partial charge in [0.2, 0.25) is 0 Å². The van der Waals surface area contributed by atoms with Crippen molar-refractivity contribution in [3.63, 3.8) is 0 Å². The van der Waals surface area contributed by atoms with E-state index in [-0.39, 0.29) is 6.61 Å². The summed E-state index contributed by atoms with van der Waals surface area (Å²) in [6.07, 6.45) is 6.83. The van der Waals surface area contributed by atoms with Gasteiger partial charge in [0.25, 0.3) is 0 Å². The van der Waals surface area contributed by atoms with Gasteiger partial charge >= 0.3 is 6.22 Å². The molecule has 0 saturated heterocycles. The van der Waals surface area contributed by atoms with Gasteiger partial charge in [-0.3, -0.25) is 0 Å². The van der Waals surface area contributed by atoms with Crippen molar-refractivity contribution in [2.24, 2.45) is 5.92 Å². The largest absolute Gasteiger partial charge is 0.495 e. The van der Waals surface area contributed by atoms with Gasteiger partial charge in [-0.2, -0.15) is 0 Å².